The molecule has 164 valence electrons. The van der Waals surface area contributed by atoms with Crippen LogP contribution in [0.3, 0.4) is 0 Å². The van der Waals surface area contributed by atoms with Crippen LogP contribution in [0.5, 0.6) is 0 Å². The summed E-state index contributed by atoms with van der Waals surface area (Å²) in [6.07, 6.45) is -0.508. The van der Waals surface area contributed by atoms with Crippen LogP contribution in [-0.2, 0) is 9.53 Å². The first-order valence-electron chi connectivity index (χ1n) is 10.0. The number of rotatable bonds is 4. The number of carboxylic acids is 1. The maximum atomic E-state index is 13.1. The quantitative estimate of drug-likeness (QED) is 0.644. The van der Waals surface area contributed by atoms with Crippen LogP contribution in [0.15, 0.2) is 48.5 Å². The molecule has 2 atom stereocenters. The van der Waals surface area contributed by atoms with Crippen molar-refractivity contribution in [3.63, 3.8) is 0 Å². The lowest BCUT2D eigenvalue weighted by atomic mass is 9.87. The molecule has 1 fully saturated rings. The molecule has 0 bridgehead atoms. The molecule has 0 radical (unpaired) electrons. The Morgan fingerprint density at radius 1 is 1.10 bits per heavy atom. The zero-order chi connectivity index (χ0) is 22.8. The molecule has 4 N–H and O–H groups in total. The summed E-state index contributed by atoms with van der Waals surface area (Å²) in [4.78, 5) is 38.7. The summed E-state index contributed by atoms with van der Waals surface area (Å²) in [6, 6.07) is 13.3. The number of nitrogens with two attached hydrogens (primary N) is 1. The molecule has 0 spiro atoms. The van der Waals surface area contributed by atoms with Gasteiger partial charge in [0, 0.05) is 30.4 Å². The Kier molecular flexibility index (Phi) is 6.19. The van der Waals surface area contributed by atoms with Crippen LogP contribution in [0.25, 0.3) is 0 Å². The molecule has 0 unspecified atom stereocenters. The minimum Gasteiger partial charge on any atom is -0.478 e. The van der Waals surface area contributed by atoms with Gasteiger partial charge in [0.05, 0.1) is 11.5 Å². The third-order valence-corrected chi connectivity index (χ3v) is 5.02. The Bertz CT molecular complexity index is 999. The molecule has 2 amide bonds. The summed E-state index contributed by atoms with van der Waals surface area (Å²) in [5.74, 6) is -2.29. The first kappa shape index (κ1) is 22.1. The second kappa shape index (κ2) is 8.67. The van der Waals surface area contributed by atoms with Gasteiger partial charge in [-0.1, -0.05) is 18.2 Å². The number of nitrogens with zero attached hydrogens (tertiary/aromatic N) is 1. The first-order chi connectivity index (χ1) is 14.5. The third kappa shape index (κ3) is 5.53. The van der Waals surface area contributed by atoms with E-state index in [2.05, 4.69) is 5.32 Å². The Balaban J connectivity index is 1.88. The van der Waals surface area contributed by atoms with Gasteiger partial charge in [-0.05, 0) is 56.7 Å². The van der Waals surface area contributed by atoms with Gasteiger partial charge in [-0.2, -0.15) is 0 Å². The van der Waals surface area contributed by atoms with Gasteiger partial charge in [0.25, 0.3) is 0 Å². The fourth-order valence-corrected chi connectivity index (χ4v) is 3.64. The summed E-state index contributed by atoms with van der Waals surface area (Å²) in [5, 5.41) is 12.2. The van der Waals surface area contributed by atoms with Gasteiger partial charge >= 0.3 is 12.1 Å². The minimum absolute atomic E-state index is 0.128. The predicted octanol–water partition coefficient (Wildman–Crippen LogP) is 3.56. The maximum Gasteiger partial charge on any atom is 0.410 e. The molecule has 8 nitrogen and oxygen atoms in total. The normalized spacial score (nSPS) is 18.5. The third-order valence-electron chi connectivity index (χ3n) is 5.02. The van der Waals surface area contributed by atoms with Crippen LogP contribution in [-0.4, -0.2) is 46.7 Å². The summed E-state index contributed by atoms with van der Waals surface area (Å²) < 4.78 is 5.47. The smallest absolute Gasteiger partial charge is 0.410 e. The van der Waals surface area contributed by atoms with Crippen LogP contribution in [0, 0.1) is 5.92 Å². The topological polar surface area (TPSA) is 122 Å². The number of nitrogens with one attached hydrogen (secondary N) is 1. The van der Waals surface area contributed by atoms with Gasteiger partial charge in [-0.15, -0.1) is 0 Å². The summed E-state index contributed by atoms with van der Waals surface area (Å²) in [5.41, 5.74) is 7.01. The molecule has 0 saturated carbocycles. The van der Waals surface area contributed by atoms with E-state index in [9.17, 15) is 19.5 Å². The highest BCUT2D eigenvalue weighted by Crippen LogP contribution is 2.35. The number of hydrogen-bond donors (Lipinski definition) is 3. The second-order valence-corrected chi connectivity index (χ2v) is 8.64. The molecule has 0 aromatic heterocycles. The average molecular weight is 425 g/mol. The number of aromatic carboxylic acids is 1. The number of carbonyl (C=O) groups excluding carboxylic acids is 2. The fraction of sp³-hybridized carbons (Fsp3) is 0.348. The van der Waals surface area contributed by atoms with E-state index >= 15 is 0 Å². The average Bonchev–Trinajstić information content (AvgIpc) is 3.13. The van der Waals surface area contributed by atoms with Gasteiger partial charge in [0.2, 0.25) is 5.91 Å². The number of ether oxygens (including phenoxy) is 1. The molecule has 1 heterocycles. The minimum atomic E-state index is -1.05. The Hall–Kier alpha value is -3.55. The van der Waals surface area contributed by atoms with Crippen LogP contribution >= 0.6 is 0 Å². The number of amides is 2. The summed E-state index contributed by atoms with van der Waals surface area (Å²) in [6.45, 7) is 5.73. The molecule has 2 aromatic rings. The van der Waals surface area contributed by atoms with Crippen molar-refractivity contribution in [2.45, 2.75) is 32.3 Å². The lowest BCUT2D eigenvalue weighted by molar-refractivity contribution is -0.119. The molecule has 1 aliphatic heterocycles. The van der Waals surface area contributed by atoms with E-state index in [0.29, 0.717) is 16.9 Å². The van der Waals surface area contributed by atoms with Gasteiger partial charge in [-0.3, -0.25) is 4.79 Å². The molecule has 1 aliphatic rings. The van der Waals surface area contributed by atoms with Gasteiger partial charge < -0.3 is 25.8 Å². The molecule has 1 saturated heterocycles. The SMILES string of the molecule is CC(C)(C)OC(=O)N1C[C@H](C(=O)Nc2cccc(N)c2)[C@@H](c2cccc(C(=O)O)c2)C1. The van der Waals surface area contributed by atoms with E-state index in [4.69, 9.17) is 10.5 Å². The molecule has 31 heavy (non-hydrogen) atoms. The standard InChI is InChI=1S/C23H27N3O5/c1-23(2,3)31-22(30)26-12-18(14-6-4-7-15(10-14)21(28)29)19(13-26)20(27)25-17-9-5-8-16(24)11-17/h4-11,18-19H,12-13,24H2,1-3H3,(H,25,27)(H,28,29)/t18-,19+/m1/s1. The molecule has 0 aliphatic carbocycles. The van der Waals surface area contributed by atoms with E-state index in [1.807, 2.05) is 0 Å². The van der Waals surface area contributed by atoms with Crippen molar-refractivity contribution < 1.29 is 24.2 Å². The van der Waals surface area contributed by atoms with E-state index in [-0.39, 0.29) is 30.5 Å². The van der Waals surface area contributed by atoms with Crippen LogP contribution in [0.1, 0.15) is 42.6 Å². The molecule has 8 heteroatoms. The van der Waals surface area contributed by atoms with E-state index < -0.39 is 23.6 Å². The first-order valence-corrected chi connectivity index (χ1v) is 10.0. The molecular weight excluding hydrogens is 398 g/mol. The number of benzene rings is 2. The van der Waals surface area contributed by atoms with Crippen LogP contribution < -0.4 is 11.1 Å². The zero-order valence-electron chi connectivity index (χ0n) is 17.8. The maximum absolute atomic E-state index is 13.1. The number of nitrogen functional groups attached to an aromatic ring is 1. The largest absolute Gasteiger partial charge is 0.478 e. The molecule has 2 aromatic carbocycles. The van der Waals surface area contributed by atoms with Crippen LogP contribution in [0.2, 0.25) is 0 Å². The van der Waals surface area contributed by atoms with Crippen molar-refractivity contribution >= 4 is 29.3 Å². The predicted molar refractivity (Wildman–Crippen MR) is 117 cm³/mol. The van der Waals surface area contributed by atoms with Crippen molar-refractivity contribution in [1.82, 2.24) is 4.90 Å². The van der Waals surface area contributed by atoms with Crippen LogP contribution in [0.4, 0.5) is 16.2 Å². The highest BCUT2D eigenvalue weighted by molar-refractivity contribution is 5.94. The van der Waals surface area contributed by atoms with Crippen molar-refractivity contribution in [2.75, 3.05) is 24.1 Å². The Morgan fingerprint density at radius 3 is 2.45 bits per heavy atom. The highest BCUT2D eigenvalue weighted by atomic mass is 16.6. The van der Waals surface area contributed by atoms with Gasteiger partial charge in [-0.25, -0.2) is 9.59 Å². The number of carboxylic acid groups (broad SMARTS) is 1. The lowest BCUT2D eigenvalue weighted by Crippen LogP contribution is -2.36. The monoisotopic (exact) mass is 425 g/mol. The highest BCUT2D eigenvalue weighted by Gasteiger charge is 2.42. The number of likely N-dealkylation sites (tertiary alicyclic amines) is 1. The number of carbonyl (C=O) groups is 3. The van der Waals surface area contributed by atoms with Crippen molar-refractivity contribution in [2.24, 2.45) is 5.92 Å². The van der Waals surface area contributed by atoms with Crippen molar-refractivity contribution in [3.05, 3.63) is 59.7 Å². The zero-order valence-corrected chi connectivity index (χ0v) is 17.8. The van der Waals surface area contributed by atoms with Crippen molar-refractivity contribution in [3.8, 4) is 0 Å². The van der Waals surface area contributed by atoms with Gasteiger partial charge in [0.15, 0.2) is 0 Å². The van der Waals surface area contributed by atoms with Crippen molar-refractivity contribution in [1.29, 1.82) is 0 Å². The molecular formula is C23H27N3O5. The van der Waals surface area contributed by atoms with E-state index in [0.717, 1.165) is 0 Å². The second-order valence-electron chi connectivity index (χ2n) is 8.64. The Labute approximate surface area is 181 Å². The lowest BCUT2D eigenvalue weighted by Gasteiger charge is -2.24. The fourth-order valence-electron chi connectivity index (χ4n) is 3.64. The van der Waals surface area contributed by atoms with E-state index in [1.165, 1.54) is 11.0 Å². The van der Waals surface area contributed by atoms with E-state index in [1.54, 1.807) is 63.2 Å². The number of hydrogen-bond acceptors (Lipinski definition) is 5. The Morgan fingerprint density at radius 2 is 1.81 bits per heavy atom. The summed E-state index contributed by atoms with van der Waals surface area (Å²) in [7, 11) is 0. The van der Waals surface area contributed by atoms with Gasteiger partial charge in [0.1, 0.15) is 5.60 Å². The molecule has 3 rings (SSSR count). The summed E-state index contributed by atoms with van der Waals surface area (Å²) >= 11 is 0. The number of anilines is 2.